The third-order valence-corrected chi connectivity index (χ3v) is 5.43. The van der Waals surface area contributed by atoms with Crippen molar-refractivity contribution in [2.45, 2.75) is 19.8 Å². The molecule has 0 aromatic heterocycles. The molecule has 0 amide bonds. The van der Waals surface area contributed by atoms with Crippen LogP contribution in [0.15, 0.2) is 36.4 Å². The molecule has 162 valence electrons. The third kappa shape index (κ3) is 4.45. The molecule has 1 unspecified atom stereocenters. The number of anilines is 1. The monoisotopic (exact) mass is 426 g/mol. The number of hydrogen-bond donors (Lipinski definition) is 0. The van der Waals surface area contributed by atoms with Crippen LogP contribution in [0, 0.1) is 16.0 Å². The van der Waals surface area contributed by atoms with Crippen LogP contribution in [-0.4, -0.2) is 43.2 Å². The van der Waals surface area contributed by atoms with Gasteiger partial charge in [-0.1, -0.05) is 6.92 Å². The van der Waals surface area contributed by atoms with Gasteiger partial charge in [-0.05, 0) is 49.1 Å². The molecule has 0 saturated carbocycles. The van der Waals surface area contributed by atoms with Crippen LogP contribution in [0.25, 0.3) is 0 Å². The molecular weight excluding hydrogens is 404 g/mol. The predicted molar refractivity (Wildman–Crippen MR) is 111 cm³/mol. The number of fused-ring (bicyclic) bond motifs is 1. The Morgan fingerprint density at radius 3 is 2.71 bits per heavy atom. The second-order valence-corrected chi connectivity index (χ2v) is 7.72. The highest BCUT2D eigenvalue weighted by Gasteiger charge is 2.26. The van der Waals surface area contributed by atoms with Crippen molar-refractivity contribution >= 4 is 23.1 Å². The molecule has 1 atom stereocenters. The Balaban J connectivity index is 1.45. The topological polar surface area (TPSA) is 108 Å². The SMILES string of the molecule is CC1CCCN(c2ccc(C(=O)OCC(=O)c3ccc4c(c3)OCO4)cc2[N+](=O)[O-])C1. The summed E-state index contributed by atoms with van der Waals surface area (Å²) in [4.78, 5) is 37.9. The molecule has 2 aliphatic heterocycles. The van der Waals surface area contributed by atoms with Crippen LogP contribution in [0.4, 0.5) is 11.4 Å². The molecule has 0 aliphatic carbocycles. The van der Waals surface area contributed by atoms with Gasteiger partial charge in [0.05, 0.1) is 10.5 Å². The highest BCUT2D eigenvalue weighted by atomic mass is 16.7. The number of Topliss-reactive ketones (excluding diaryl/α,β-unsaturated/α-hetero) is 1. The van der Waals surface area contributed by atoms with E-state index in [4.69, 9.17) is 14.2 Å². The van der Waals surface area contributed by atoms with Crippen LogP contribution in [0.1, 0.15) is 40.5 Å². The van der Waals surface area contributed by atoms with Crippen LogP contribution >= 0.6 is 0 Å². The van der Waals surface area contributed by atoms with Crippen LogP contribution in [0.2, 0.25) is 0 Å². The molecule has 0 spiro atoms. The molecule has 2 aromatic carbocycles. The zero-order valence-corrected chi connectivity index (χ0v) is 17.0. The van der Waals surface area contributed by atoms with Gasteiger partial charge >= 0.3 is 5.97 Å². The highest BCUT2D eigenvalue weighted by Crippen LogP contribution is 2.34. The van der Waals surface area contributed by atoms with Crippen molar-refractivity contribution in [3.63, 3.8) is 0 Å². The summed E-state index contributed by atoms with van der Waals surface area (Å²) >= 11 is 0. The fourth-order valence-electron chi connectivity index (χ4n) is 3.84. The van der Waals surface area contributed by atoms with Crippen LogP contribution < -0.4 is 14.4 Å². The molecule has 31 heavy (non-hydrogen) atoms. The van der Waals surface area contributed by atoms with Crippen molar-refractivity contribution in [2.75, 3.05) is 31.4 Å². The number of nitro benzene ring substituents is 1. The minimum Gasteiger partial charge on any atom is -0.454 e. The average molecular weight is 426 g/mol. The number of carbonyl (C=O) groups is 2. The van der Waals surface area contributed by atoms with Crippen LogP contribution in [0.5, 0.6) is 11.5 Å². The first-order valence-electron chi connectivity index (χ1n) is 10.1. The van der Waals surface area contributed by atoms with Gasteiger partial charge in [0.25, 0.3) is 5.69 Å². The van der Waals surface area contributed by atoms with Gasteiger partial charge < -0.3 is 19.1 Å². The first kappa shape index (κ1) is 20.6. The second kappa shape index (κ2) is 8.63. The van der Waals surface area contributed by atoms with Gasteiger partial charge in [-0.15, -0.1) is 0 Å². The number of carbonyl (C=O) groups excluding carboxylic acids is 2. The smallest absolute Gasteiger partial charge is 0.338 e. The molecule has 9 nitrogen and oxygen atoms in total. The van der Waals surface area contributed by atoms with Gasteiger partial charge in [0.2, 0.25) is 6.79 Å². The van der Waals surface area contributed by atoms with Crippen LogP contribution in [-0.2, 0) is 4.74 Å². The maximum Gasteiger partial charge on any atom is 0.338 e. The Hall–Kier alpha value is -3.62. The molecule has 9 heteroatoms. The number of nitro groups is 1. The number of benzene rings is 2. The van der Waals surface area contributed by atoms with Crippen molar-refractivity contribution in [3.05, 3.63) is 57.6 Å². The normalized spacial score (nSPS) is 17.3. The Morgan fingerprint density at radius 1 is 1.16 bits per heavy atom. The molecule has 2 aromatic rings. The van der Waals surface area contributed by atoms with E-state index >= 15 is 0 Å². The molecule has 0 radical (unpaired) electrons. The molecule has 0 bridgehead atoms. The van der Waals surface area contributed by atoms with Gasteiger partial charge in [-0.2, -0.15) is 0 Å². The average Bonchev–Trinajstić information content (AvgIpc) is 3.24. The van der Waals surface area contributed by atoms with Crippen molar-refractivity contribution in [2.24, 2.45) is 5.92 Å². The summed E-state index contributed by atoms with van der Waals surface area (Å²) in [6.45, 7) is 3.18. The fourth-order valence-corrected chi connectivity index (χ4v) is 3.84. The molecule has 1 saturated heterocycles. The van der Waals surface area contributed by atoms with E-state index in [1.807, 2.05) is 4.90 Å². The Morgan fingerprint density at radius 2 is 1.94 bits per heavy atom. The summed E-state index contributed by atoms with van der Waals surface area (Å²) in [5, 5.41) is 11.6. The molecule has 2 heterocycles. The molecule has 1 fully saturated rings. The number of ether oxygens (including phenoxy) is 3. The minimum atomic E-state index is -0.796. The van der Waals surface area contributed by atoms with Crippen molar-refractivity contribution in [1.29, 1.82) is 0 Å². The van der Waals surface area contributed by atoms with Gasteiger partial charge in [-0.25, -0.2) is 4.79 Å². The van der Waals surface area contributed by atoms with Crippen molar-refractivity contribution in [1.82, 2.24) is 0 Å². The minimum absolute atomic E-state index is 0.0268. The molecular formula is C22H22N2O7. The number of nitrogens with zero attached hydrogens (tertiary/aromatic N) is 2. The number of hydrogen-bond acceptors (Lipinski definition) is 8. The predicted octanol–water partition coefficient (Wildman–Crippen LogP) is 3.60. The van der Waals surface area contributed by atoms with Gasteiger partial charge in [0.1, 0.15) is 5.69 Å². The van der Waals surface area contributed by atoms with E-state index in [1.54, 1.807) is 18.2 Å². The maximum absolute atomic E-state index is 12.4. The van der Waals surface area contributed by atoms with E-state index in [1.165, 1.54) is 18.2 Å². The first-order chi connectivity index (χ1) is 14.9. The summed E-state index contributed by atoms with van der Waals surface area (Å²) in [6, 6.07) is 8.98. The van der Waals surface area contributed by atoms with E-state index < -0.39 is 23.3 Å². The number of ketones is 1. The van der Waals surface area contributed by atoms with E-state index in [9.17, 15) is 19.7 Å². The lowest BCUT2D eigenvalue weighted by molar-refractivity contribution is -0.384. The maximum atomic E-state index is 12.4. The van der Waals surface area contributed by atoms with Crippen molar-refractivity contribution in [3.8, 4) is 11.5 Å². The summed E-state index contributed by atoms with van der Waals surface area (Å²) < 4.78 is 15.5. The zero-order chi connectivity index (χ0) is 22.0. The van der Waals surface area contributed by atoms with Gasteiger partial charge in [0.15, 0.2) is 23.9 Å². The van der Waals surface area contributed by atoms with E-state index in [-0.39, 0.29) is 18.0 Å². The molecule has 0 N–H and O–H groups in total. The molecule has 2 aliphatic rings. The second-order valence-electron chi connectivity index (χ2n) is 7.72. The van der Waals surface area contributed by atoms with Gasteiger partial charge in [0, 0.05) is 24.7 Å². The Labute approximate surface area is 178 Å². The Bertz CT molecular complexity index is 1040. The standard InChI is InChI=1S/C22H22N2O7/c1-14-3-2-8-23(11-14)17-6-4-16(9-18(17)24(27)28)22(26)29-12-19(25)15-5-7-20-21(10-15)31-13-30-20/h4-7,9-10,14H,2-3,8,11-13H2,1H3. The highest BCUT2D eigenvalue weighted by molar-refractivity contribution is 6.00. The lowest BCUT2D eigenvalue weighted by Crippen LogP contribution is -2.34. The number of rotatable bonds is 6. The van der Waals surface area contributed by atoms with Crippen molar-refractivity contribution < 1.29 is 28.7 Å². The van der Waals surface area contributed by atoms with E-state index in [0.29, 0.717) is 28.7 Å². The van der Waals surface area contributed by atoms with Gasteiger partial charge in [-0.3, -0.25) is 14.9 Å². The molecule has 4 rings (SSSR count). The number of piperidine rings is 1. The summed E-state index contributed by atoms with van der Waals surface area (Å²) in [5.74, 6) is 0.232. The summed E-state index contributed by atoms with van der Waals surface area (Å²) in [6.07, 6.45) is 2.05. The Kier molecular flexibility index (Phi) is 5.75. The lowest BCUT2D eigenvalue weighted by atomic mass is 9.99. The first-order valence-corrected chi connectivity index (χ1v) is 10.1. The fraction of sp³-hybridized carbons (Fsp3) is 0.364. The van der Waals surface area contributed by atoms with Crippen LogP contribution in [0.3, 0.4) is 0 Å². The summed E-state index contributed by atoms with van der Waals surface area (Å²) in [5.41, 5.74) is 0.687. The van der Waals surface area contributed by atoms with E-state index in [2.05, 4.69) is 6.92 Å². The third-order valence-electron chi connectivity index (χ3n) is 5.43. The lowest BCUT2D eigenvalue weighted by Gasteiger charge is -2.32. The largest absolute Gasteiger partial charge is 0.454 e. The summed E-state index contributed by atoms with van der Waals surface area (Å²) in [7, 11) is 0. The number of esters is 1. The van der Waals surface area contributed by atoms with E-state index in [0.717, 1.165) is 25.9 Å². The zero-order valence-electron chi connectivity index (χ0n) is 17.0. The quantitative estimate of drug-likeness (QED) is 0.298.